The number of fused-ring (bicyclic) bond motifs is 2. The Morgan fingerprint density at radius 3 is 2.53 bits per heavy atom. The van der Waals surface area contributed by atoms with Crippen LogP contribution in [0.4, 0.5) is 5.69 Å². The van der Waals surface area contributed by atoms with Crippen LogP contribution < -0.4 is 5.32 Å². The molecule has 8 heteroatoms. The van der Waals surface area contributed by atoms with Crippen LogP contribution in [0.25, 0.3) is 5.57 Å². The van der Waals surface area contributed by atoms with E-state index < -0.39 is 17.1 Å². The van der Waals surface area contributed by atoms with E-state index in [1.54, 1.807) is 0 Å². The SMILES string of the molecule is CC1(C)CC=C(c2cc([C@@H]3C[C@]4(CO)CC[C@](CO)(C3)O4)ccc2NC(=O)c2nc(C#N)c[nH]2)CC1. The van der Waals surface area contributed by atoms with Crippen molar-refractivity contribution in [2.75, 3.05) is 18.5 Å². The average Bonchev–Trinajstić information content (AvgIpc) is 3.47. The predicted octanol–water partition coefficient (Wildman–Crippen LogP) is 4.28. The van der Waals surface area contributed by atoms with Gasteiger partial charge in [-0.3, -0.25) is 4.79 Å². The second-order valence-corrected chi connectivity index (χ2v) is 11.5. The van der Waals surface area contributed by atoms with Gasteiger partial charge >= 0.3 is 0 Å². The van der Waals surface area contributed by atoms with Gasteiger partial charge in [0.05, 0.1) is 24.4 Å². The Morgan fingerprint density at radius 1 is 1.22 bits per heavy atom. The van der Waals surface area contributed by atoms with Crippen LogP contribution in [-0.4, -0.2) is 50.5 Å². The fourth-order valence-electron chi connectivity index (χ4n) is 6.05. The lowest BCUT2D eigenvalue weighted by Gasteiger charge is -2.43. The summed E-state index contributed by atoms with van der Waals surface area (Å²) in [5, 5.41) is 32.3. The van der Waals surface area contributed by atoms with Crippen molar-refractivity contribution >= 4 is 17.2 Å². The third-order valence-electron chi connectivity index (χ3n) is 8.27. The number of anilines is 1. The zero-order valence-corrected chi connectivity index (χ0v) is 20.9. The summed E-state index contributed by atoms with van der Waals surface area (Å²) in [4.78, 5) is 19.7. The summed E-state index contributed by atoms with van der Waals surface area (Å²) in [5.74, 6) is -0.172. The van der Waals surface area contributed by atoms with Crippen molar-refractivity contribution < 1.29 is 19.7 Å². The van der Waals surface area contributed by atoms with Crippen molar-refractivity contribution in [3.05, 3.63) is 53.1 Å². The third kappa shape index (κ3) is 4.59. The van der Waals surface area contributed by atoms with E-state index in [0.717, 1.165) is 43.2 Å². The number of nitrogens with one attached hydrogen (secondary N) is 2. The molecule has 2 saturated heterocycles. The molecule has 1 aromatic carbocycles. The number of aliphatic hydroxyl groups is 2. The number of carbonyl (C=O) groups is 1. The van der Waals surface area contributed by atoms with Gasteiger partial charge in [-0.05, 0) is 79.5 Å². The van der Waals surface area contributed by atoms with Crippen molar-refractivity contribution in [1.29, 1.82) is 5.26 Å². The maximum Gasteiger partial charge on any atom is 0.291 e. The van der Waals surface area contributed by atoms with Crippen LogP contribution in [0.2, 0.25) is 0 Å². The smallest absolute Gasteiger partial charge is 0.291 e. The second kappa shape index (κ2) is 9.15. The van der Waals surface area contributed by atoms with Gasteiger partial charge in [-0.1, -0.05) is 26.0 Å². The van der Waals surface area contributed by atoms with Crippen LogP contribution >= 0.6 is 0 Å². The average molecular weight is 491 g/mol. The number of carbonyl (C=O) groups excluding carboxylic acids is 1. The van der Waals surface area contributed by atoms with Gasteiger partial charge < -0.3 is 25.3 Å². The first-order chi connectivity index (χ1) is 17.2. The highest BCUT2D eigenvalue weighted by Gasteiger charge is 2.55. The van der Waals surface area contributed by atoms with E-state index in [1.165, 1.54) is 11.8 Å². The summed E-state index contributed by atoms with van der Waals surface area (Å²) in [6.07, 6.45) is 9.51. The molecule has 2 fully saturated rings. The summed E-state index contributed by atoms with van der Waals surface area (Å²) in [7, 11) is 0. The molecule has 0 saturated carbocycles. The van der Waals surface area contributed by atoms with Gasteiger partial charge in [-0.25, -0.2) is 4.98 Å². The molecule has 3 atom stereocenters. The number of imidazole rings is 1. The second-order valence-electron chi connectivity index (χ2n) is 11.5. The van der Waals surface area contributed by atoms with E-state index >= 15 is 0 Å². The van der Waals surface area contributed by atoms with Gasteiger partial charge in [0.2, 0.25) is 0 Å². The van der Waals surface area contributed by atoms with Crippen molar-refractivity contribution in [3.8, 4) is 6.07 Å². The van der Waals surface area contributed by atoms with Crippen LogP contribution in [0.5, 0.6) is 0 Å². The maximum atomic E-state index is 12.9. The van der Waals surface area contributed by atoms with Gasteiger partial charge in [0.25, 0.3) is 5.91 Å². The fourth-order valence-corrected chi connectivity index (χ4v) is 6.05. The molecule has 5 rings (SSSR count). The first-order valence-electron chi connectivity index (χ1n) is 12.7. The first kappa shape index (κ1) is 24.7. The molecular weight excluding hydrogens is 456 g/mol. The van der Waals surface area contributed by atoms with E-state index in [2.05, 4.69) is 41.3 Å². The van der Waals surface area contributed by atoms with Crippen molar-refractivity contribution in [2.24, 2.45) is 5.41 Å². The molecule has 2 aromatic rings. The van der Waals surface area contributed by atoms with E-state index in [9.17, 15) is 15.0 Å². The molecule has 0 unspecified atom stereocenters. The number of hydrogen-bond acceptors (Lipinski definition) is 6. The summed E-state index contributed by atoms with van der Waals surface area (Å²) in [6, 6.07) is 8.06. The number of ether oxygens (including phenoxy) is 1. The molecule has 1 amide bonds. The third-order valence-corrected chi connectivity index (χ3v) is 8.27. The van der Waals surface area contributed by atoms with Crippen molar-refractivity contribution in [2.45, 2.75) is 75.9 Å². The number of H-pyrrole nitrogens is 1. The molecule has 2 aliphatic heterocycles. The molecule has 36 heavy (non-hydrogen) atoms. The lowest BCUT2D eigenvalue weighted by atomic mass is 9.75. The van der Waals surface area contributed by atoms with E-state index in [0.29, 0.717) is 18.5 Å². The molecule has 1 aliphatic carbocycles. The number of nitrogens with zero attached hydrogens (tertiary/aromatic N) is 2. The number of aromatic amines is 1. The van der Waals surface area contributed by atoms with Crippen molar-refractivity contribution in [1.82, 2.24) is 9.97 Å². The number of hydrogen-bond donors (Lipinski definition) is 4. The fraction of sp³-hybridized carbons (Fsp3) is 0.536. The number of allylic oxidation sites excluding steroid dienone is 2. The Hall–Kier alpha value is -2.99. The predicted molar refractivity (Wildman–Crippen MR) is 135 cm³/mol. The molecule has 190 valence electrons. The number of rotatable bonds is 6. The molecule has 3 aliphatic rings. The quantitative estimate of drug-likeness (QED) is 0.478. The molecule has 3 heterocycles. The molecule has 0 radical (unpaired) electrons. The number of aliphatic hydroxyl groups excluding tert-OH is 2. The zero-order valence-electron chi connectivity index (χ0n) is 20.9. The highest BCUT2D eigenvalue weighted by Crippen LogP contribution is 2.53. The normalized spacial score (nSPS) is 28.9. The van der Waals surface area contributed by atoms with Gasteiger partial charge in [0.15, 0.2) is 11.5 Å². The molecule has 0 spiro atoms. The van der Waals surface area contributed by atoms with E-state index in [4.69, 9.17) is 10.00 Å². The summed E-state index contributed by atoms with van der Waals surface area (Å²) < 4.78 is 6.23. The Labute approximate surface area is 211 Å². The molecule has 1 aromatic heterocycles. The molecule has 4 N–H and O–H groups in total. The lowest BCUT2D eigenvalue weighted by Crippen LogP contribution is -2.47. The monoisotopic (exact) mass is 490 g/mol. The van der Waals surface area contributed by atoms with E-state index in [1.807, 2.05) is 18.2 Å². The highest BCUT2D eigenvalue weighted by molar-refractivity contribution is 6.03. The Balaban J connectivity index is 1.49. The largest absolute Gasteiger partial charge is 0.393 e. The van der Waals surface area contributed by atoms with Crippen LogP contribution in [0.3, 0.4) is 0 Å². The summed E-state index contributed by atoms with van der Waals surface area (Å²) in [6.45, 7) is 4.42. The summed E-state index contributed by atoms with van der Waals surface area (Å²) >= 11 is 0. The maximum absolute atomic E-state index is 12.9. The standard InChI is InChI=1S/C28H34N4O4/c1-26(2)7-5-18(6-8-26)22-11-19(20-12-27(16-33)9-10-28(13-20,17-34)36-27)3-4-23(22)32-25(35)24-30-15-21(14-29)31-24/h3-5,11,15,20,33-34H,6-10,12-13,16-17H2,1-2H3,(H,30,31)(H,32,35)/t20-,27+,28-. The topological polar surface area (TPSA) is 131 Å². The Kier molecular flexibility index (Phi) is 6.27. The molecule has 8 nitrogen and oxygen atoms in total. The van der Waals surface area contributed by atoms with Gasteiger partial charge in [0.1, 0.15) is 6.07 Å². The minimum absolute atomic E-state index is 0.0552. The van der Waals surface area contributed by atoms with Gasteiger partial charge in [-0.15, -0.1) is 0 Å². The van der Waals surface area contributed by atoms with Crippen molar-refractivity contribution in [3.63, 3.8) is 0 Å². The van der Waals surface area contributed by atoms with Crippen LogP contribution in [-0.2, 0) is 4.74 Å². The number of nitriles is 1. The summed E-state index contributed by atoms with van der Waals surface area (Å²) in [5.41, 5.74) is 3.21. The van der Waals surface area contributed by atoms with Crippen LogP contribution in [0.1, 0.15) is 92.2 Å². The minimum Gasteiger partial charge on any atom is -0.393 e. The zero-order chi connectivity index (χ0) is 25.6. The van der Waals surface area contributed by atoms with Gasteiger partial charge in [0, 0.05) is 17.4 Å². The number of benzene rings is 1. The van der Waals surface area contributed by atoms with Crippen LogP contribution in [0.15, 0.2) is 30.5 Å². The molecular formula is C28H34N4O4. The highest BCUT2D eigenvalue weighted by atomic mass is 16.6. The first-order valence-corrected chi connectivity index (χ1v) is 12.7. The van der Waals surface area contributed by atoms with Crippen LogP contribution in [0, 0.1) is 16.7 Å². The molecule has 2 bridgehead atoms. The Morgan fingerprint density at radius 2 is 1.94 bits per heavy atom. The van der Waals surface area contributed by atoms with E-state index in [-0.39, 0.29) is 36.1 Å². The minimum atomic E-state index is -0.607. The lowest BCUT2D eigenvalue weighted by molar-refractivity contribution is -0.177. The Bertz CT molecular complexity index is 1220. The number of aromatic nitrogens is 2. The number of amides is 1. The van der Waals surface area contributed by atoms with Gasteiger partial charge in [-0.2, -0.15) is 5.26 Å².